The van der Waals surface area contributed by atoms with Gasteiger partial charge in [0, 0.05) is 12.3 Å². The van der Waals surface area contributed by atoms with E-state index in [2.05, 4.69) is 4.98 Å². The van der Waals surface area contributed by atoms with Crippen LogP contribution in [0.15, 0.2) is 42.6 Å². The minimum atomic E-state index is -0.427. The lowest BCUT2D eigenvalue weighted by atomic mass is 10.3. The van der Waals surface area contributed by atoms with Gasteiger partial charge in [0.25, 0.3) is 0 Å². The fourth-order valence-corrected chi connectivity index (χ4v) is 1.40. The number of nitrogens with zero attached hydrogens (tertiary/aromatic N) is 1. The first-order valence-corrected chi connectivity index (χ1v) is 5.75. The van der Waals surface area contributed by atoms with Gasteiger partial charge in [0.2, 0.25) is 5.88 Å². The van der Waals surface area contributed by atoms with E-state index in [4.69, 9.17) is 9.47 Å². The topological polar surface area (TPSA) is 48.4 Å². The summed E-state index contributed by atoms with van der Waals surface area (Å²) in [5, 5.41) is 0. The maximum atomic E-state index is 12.7. The summed E-state index contributed by atoms with van der Waals surface area (Å²) in [5.41, 5.74) is 0.355. The van der Waals surface area contributed by atoms with Crippen LogP contribution in [-0.4, -0.2) is 17.6 Å². The van der Waals surface area contributed by atoms with Crippen molar-refractivity contribution in [2.24, 2.45) is 0 Å². The number of aromatic nitrogens is 1. The van der Waals surface area contributed by atoms with Crippen LogP contribution in [0.25, 0.3) is 0 Å². The predicted octanol–water partition coefficient (Wildman–Crippen LogP) is 3.19. The summed E-state index contributed by atoms with van der Waals surface area (Å²) in [6, 6.07) is 8.69. The molecule has 98 valence electrons. The standard InChI is InChI=1S/C14H12FNO3/c1-2-18-14(17)10-3-8-13(16-9-10)19-12-6-4-11(15)5-7-12/h3-9H,2H2,1H3. The number of esters is 1. The van der Waals surface area contributed by atoms with E-state index in [1.807, 2.05) is 0 Å². The Hall–Kier alpha value is -2.43. The highest BCUT2D eigenvalue weighted by Gasteiger charge is 2.07. The number of carbonyl (C=O) groups excluding carboxylic acids is 1. The van der Waals surface area contributed by atoms with E-state index in [0.717, 1.165) is 0 Å². The molecule has 0 fully saturated rings. The summed E-state index contributed by atoms with van der Waals surface area (Å²) in [4.78, 5) is 15.4. The van der Waals surface area contributed by atoms with E-state index in [-0.39, 0.29) is 5.82 Å². The molecule has 1 aromatic heterocycles. The number of hydrogen-bond acceptors (Lipinski definition) is 4. The van der Waals surface area contributed by atoms with Crippen molar-refractivity contribution in [3.05, 3.63) is 54.0 Å². The van der Waals surface area contributed by atoms with Crippen molar-refractivity contribution in [3.8, 4) is 11.6 Å². The van der Waals surface area contributed by atoms with Crippen molar-refractivity contribution in [2.75, 3.05) is 6.61 Å². The summed E-state index contributed by atoms with van der Waals surface area (Å²) in [6.45, 7) is 2.05. The fraction of sp³-hybridized carbons (Fsp3) is 0.143. The first-order valence-electron chi connectivity index (χ1n) is 5.75. The summed E-state index contributed by atoms with van der Waals surface area (Å²) < 4.78 is 23.0. The first-order chi connectivity index (χ1) is 9.19. The van der Waals surface area contributed by atoms with Gasteiger partial charge in [0.1, 0.15) is 11.6 Å². The molecule has 0 unspecified atom stereocenters. The normalized spacial score (nSPS) is 10.0. The monoisotopic (exact) mass is 261 g/mol. The lowest BCUT2D eigenvalue weighted by Crippen LogP contribution is -2.04. The zero-order valence-electron chi connectivity index (χ0n) is 10.3. The minimum Gasteiger partial charge on any atom is -0.462 e. The van der Waals surface area contributed by atoms with Crippen LogP contribution < -0.4 is 4.74 Å². The second-order valence-corrected chi connectivity index (χ2v) is 3.66. The molecule has 0 aliphatic rings. The lowest BCUT2D eigenvalue weighted by Gasteiger charge is -2.05. The van der Waals surface area contributed by atoms with Gasteiger partial charge in [-0.05, 0) is 37.3 Å². The molecule has 1 aromatic carbocycles. The molecule has 2 aromatic rings. The molecule has 0 radical (unpaired) electrons. The number of pyridine rings is 1. The molecule has 5 heteroatoms. The van der Waals surface area contributed by atoms with Crippen molar-refractivity contribution in [1.82, 2.24) is 4.98 Å². The number of hydrogen-bond donors (Lipinski definition) is 0. The van der Waals surface area contributed by atoms with Crippen molar-refractivity contribution in [1.29, 1.82) is 0 Å². The van der Waals surface area contributed by atoms with Crippen molar-refractivity contribution in [2.45, 2.75) is 6.92 Å². The average Bonchev–Trinajstić information content (AvgIpc) is 2.42. The predicted molar refractivity (Wildman–Crippen MR) is 66.7 cm³/mol. The van der Waals surface area contributed by atoms with E-state index < -0.39 is 5.97 Å². The van der Waals surface area contributed by atoms with E-state index in [9.17, 15) is 9.18 Å². The number of halogens is 1. The number of ether oxygens (including phenoxy) is 2. The molecule has 0 bridgehead atoms. The molecule has 0 aliphatic heterocycles. The van der Waals surface area contributed by atoms with Gasteiger partial charge >= 0.3 is 5.97 Å². The van der Waals surface area contributed by atoms with Gasteiger partial charge in [-0.1, -0.05) is 0 Å². The van der Waals surface area contributed by atoms with Crippen LogP contribution in [0.1, 0.15) is 17.3 Å². The average molecular weight is 261 g/mol. The van der Waals surface area contributed by atoms with Crippen molar-refractivity contribution in [3.63, 3.8) is 0 Å². The second kappa shape index (κ2) is 5.95. The molecule has 0 N–H and O–H groups in total. The molecule has 0 saturated heterocycles. The van der Waals surface area contributed by atoms with Crippen LogP contribution in [0.2, 0.25) is 0 Å². The van der Waals surface area contributed by atoms with Crippen LogP contribution in [0, 0.1) is 5.82 Å². The van der Waals surface area contributed by atoms with E-state index in [1.54, 1.807) is 19.1 Å². The lowest BCUT2D eigenvalue weighted by molar-refractivity contribution is 0.0526. The number of carbonyl (C=O) groups is 1. The number of rotatable bonds is 4. The van der Waals surface area contributed by atoms with Crippen LogP contribution >= 0.6 is 0 Å². The molecule has 0 atom stereocenters. The van der Waals surface area contributed by atoms with Gasteiger partial charge in [-0.15, -0.1) is 0 Å². The Morgan fingerprint density at radius 1 is 1.21 bits per heavy atom. The van der Waals surface area contributed by atoms with Gasteiger partial charge in [-0.2, -0.15) is 0 Å². The molecule has 0 aliphatic carbocycles. The molecule has 2 rings (SSSR count). The zero-order chi connectivity index (χ0) is 13.7. The Kier molecular flexibility index (Phi) is 4.07. The molecule has 0 saturated carbocycles. The van der Waals surface area contributed by atoms with E-state index >= 15 is 0 Å². The first kappa shape index (κ1) is 13.0. The SMILES string of the molecule is CCOC(=O)c1ccc(Oc2ccc(F)cc2)nc1. The second-order valence-electron chi connectivity index (χ2n) is 3.66. The fourth-order valence-electron chi connectivity index (χ4n) is 1.40. The quantitative estimate of drug-likeness (QED) is 0.793. The molecule has 19 heavy (non-hydrogen) atoms. The molecular weight excluding hydrogens is 249 g/mol. The third kappa shape index (κ3) is 3.51. The Balaban J connectivity index is 2.06. The molecule has 4 nitrogen and oxygen atoms in total. The third-order valence-corrected chi connectivity index (χ3v) is 2.28. The van der Waals surface area contributed by atoms with Gasteiger partial charge < -0.3 is 9.47 Å². The molecular formula is C14H12FNO3. The summed E-state index contributed by atoms with van der Waals surface area (Å²) >= 11 is 0. The Morgan fingerprint density at radius 2 is 1.95 bits per heavy atom. The molecule has 1 heterocycles. The van der Waals surface area contributed by atoms with E-state index in [0.29, 0.717) is 23.8 Å². The summed E-state index contributed by atoms with van der Waals surface area (Å²) in [6.07, 6.45) is 1.37. The van der Waals surface area contributed by atoms with E-state index in [1.165, 1.54) is 30.5 Å². The summed E-state index contributed by atoms with van der Waals surface area (Å²) in [5.74, 6) is 0.0266. The smallest absolute Gasteiger partial charge is 0.339 e. The van der Waals surface area contributed by atoms with Gasteiger partial charge in [0.05, 0.1) is 12.2 Å². The minimum absolute atomic E-state index is 0.312. The highest BCUT2D eigenvalue weighted by Crippen LogP contribution is 2.19. The summed E-state index contributed by atoms with van der Waals surface area (Å²) in [7, 11) is 0. The maximum absolute atomic E-state index is 12.7. The highest BCUT2D eigenvalue weighted by atomic mass is 19.1. The third-order valence-electron chi connectivity index (χ3n) is 2.28. The maximum Gasteiger partial charge on any atom is 0.339 e. The van der Waals surface area contributed by atoms with Crippen LogP contribution in [-0.2, 0) is 4.74 Å². The largest absolute Gasteiger partial charge is 0.462 e. The van der Waals surface area contributed by atoms with Crippen LogP contribution in [0.4, 0.5) is 4.39 Å². The van der Waals surface area contributed by atoms with Gasteiger partial charge in [-0.25, -0.2) is 14.2 Å². The Labute approximate surface area is 109 Å². The molecule has 0 amide bonds. The van der Waals surface area contributed by atoms with Crippen molar-refractivity contribution < 1.29 is 18.7 Å². The van der Waals surface area contributed by atoms with Crippen LogP contribution in [0.3, 0.4) is 0 Å². The zero-order valence-corrected chi connectivity index (χ0v) is 10.3. The van der Waals surface area contributed by atoms with Crippen LogP contribution in [0.5, 0.6) is 11.6 Å². The number of benzene rings is 1. The Bertz CT molecular complexity index is 552. The molecule has 0 spiro atoms. The van der Waals surface area contributed by atoms with Gasteiger partial charge in [-0.3, -0.25) is 0 Å². The van der Waals surface area contributed by atoms with Gasteiger partial charge in [0.15, 0.2) is 0 Å². The Morgan fingerprint density at radius 3 is 2.53 bits per heavy atom. The highest BCUT2D eigenvalue weighted by molar-refractivity contribution is 5.89. The van der Waals surface area contributed by atoms with Crippen molar-refractivity contribution >= 4 is 5.97 Å².